The summed E-state index contributed by atoms with van der Waals surface area (Å²) < 4.78 is 6.53. The first-order valence-corrected chi connectivity index (χ1v) is 9.26. The molecule has 25 heavy (non-hydrogen) atoms. The number of hydrogen-bond acceptors (Lipinski definition) is 2. The lowest BCUT2D eigenvalue weighted by Gasteiger charge is -2.25. The highest BCUT2D eigenvalue weighted by atomic mass is 79.9. The Labute approximate surface area is 165 Å². The van der Waals surface area contributed by atoms with Crippen LogP contribution < -0.4 is 5.32 Å². The van der Waals surface area contributed by atoms with Gasteiger partial charge in [0.2, 0.25) is 0 Å². The van der Waals surface area contributed by atoms with Gasteiger partial charge >= 0.3 is 0 Å². The van der Waals surface area contributed by atoms with Gasteiger partial charge in [-0.25, -0.2) is 0 Å². The van der Waals surface area contributed by atoms with E-state index in [1.54, 1.807) is 6.26 Å². The Hall–Kier alpha value is -1.82. The highest BCUT2D eigenvalue weighted by molar-refractivity contribution is 9.10. The Morgan fingerprint density at radius 1 is 1.08 bits per heavy atom. The van der Waals surface area contributed by atoms with Crippen LogP contribution in [-0.4, -0.2) is 10.0 Å². The maximum absolute atomic E-state index is 5.94. The first-order valence-electron chi connectivity index (χ1n) is 7.68. The average molecular weight is 436 g/mol. The summed E-state index contributed by atoms with van der Waals surface area (Å²) in [6.45, 7) is 1.25. The number of nitrogens with one attached hydrogen (secondary N) is 1. The summed E-state index contributed by atoms with van der Waals surface area (Å²) in [4.78, 5) is 2.06. The minimum atomic E-state index is 0.582. The van der Waals surface area contributed by atoms with E-state index >= 15 is 0 Å². The molecule has 0 saturated heterocycles. The summed E-state index contributed by atoms with van der Waals surface area (Å²) in [5.74, 6) is 0.857. The number of rotatable bonds is 5. The van der Waals surface area contributed by atoms with E-state index in [0.717, 1.165) is 21.5 Å². The molecule has 3 nitrogen and oxygen atoms in total. The van der Waals surface area contributed by atoms with E-state index in [4.69, 9.17) is 28.2 Å². The third-order valence-electron chi connectivity index (χ3n) is 3.57. The van der Waals surface area contributed by atoms with E-state index in [9.17, 15) is 0 Å². The fraction of sp³-hybridized carbons (Fsp3) is 0.105. The first kappa shape index (κ1) is 18.0. The fourth-order valence-electron chi connectivity index (χ4n) is 2.38. The van der Waals surface area contributed by atoms with Crippen LogP contribution in [0.2, 0.25) is 5.02 Å². The Bertz CT molecular complexity index is 837. The monoisotopic (exact) mass is 434 g/mol. The van der Waals surface area contributed by atoms with Crippen LogP contribution in [0, 0.1) is 0 Å². The molecule has 0 bridgehead atoms. The van der Waals surface area contributed by atoms with Crippen LogP contribution in [0.15, 0.2) is 75.8 Å². The van der Waals surface area contributed by atoms with E-state index < -0.39 is 0 Å². The molecule has 6 heteroatoms. The van der Waals surface area contributed by atoms with Crippen LogP contribution in [0.5, 0.6) is 0 Å². The molecule has 128 valence electrons. The van der Waals surface area contributed by atoms with Crippen LogP contribution in [0.4, 0.5) is 5.69 Å². The Kier molecular flexibility index (Phi) is 6.13. The predicted molar refractivity (Wildman–Crippen MR) is 110 cm³/mol. The molecule has 0 spiro atoms. The van der Waals surface area contributed by atoms with Gasteiger partial charge in [-0.15, -0.1) is 0 Å². The minimum absolute atomic E-state index is 0.582. The zero-order chi connectivity index (χ0) is 17.6. The molecule has 3 rings (SSSR count). The molecule has 0 amide bonds. The number of nitrogens with zero attached hydrogens (tertiary/aromatic N) is 1. The predicted octanol–water partition coefficient (Wildman–Crippen LogP) is 6.09. The van der Waals surface area contributed by atoms with E-state index in [0.29, 0.717) is 23.2 Å². The third kappa shape index (κ3) is 5.33. The number of anilines is 1. The molecule has 1 N–H and O–H groups in total. The normalized spacial score (nSPS) is 10.5. The third-order valence-corrected chi connectivity index (χ3v) is 4.68. The van der Waals surface area contributed by atoms with Crippen molar-refractivity contribution in [2.75, 3.05) is 5.32 Å². The molecular weight excluding hydrogens is 420 g/mol. The minimum Gasteiger partial charge on any atom is -0.467 e. The standard InChI is InChI=1S/C19H16BrClN2OS/c20-15-4-1-3-14(11-15)12-23(13-18-5-2-10-24-18)19(25)22-17-8-6-16(21)7-9-17/h1-11H,12-13H2,(H,22,25). The Morgan fingerprint density at radius 2 is 1.88 bits per heavy atom. The molecule has 1 aromatic heterocycles. The Balaban J connectivity index is 1.77. The summed E-state index contributed by atoms with van der Waals surface area (Å²) in [6, 6.07) is 19.5. The summed E-state index contributed by atoms with van der Waals surface area (Å²) in [7, 11) is 0. The summed E-state index contributed by atoms with van der Waals surface area (Å²) in [5.41, 5.74) is 2.05. The van der Waals surface area contributed by atoms with Crippen LogP contribution >= 0.6 is 39.7 Å². The molecule has 1 heterocycles. The van der Waals surface area contributed by atoms with Gasteiger partial charge in [0, 0.05) is 21.7 Å². The van der Waals surface area contributed by atoms with Crippen LogP contribution in [0.25, 0.3) is 0 Å². The van der Waals surface area contributed by atoms with Crippen molar-refractivity contribution in [2.45, 2.75) is 13.1 Å². The molecule has 0 aliphatic heterocycles. The van der Waals surface area contributed by atoms with Gasteiger partial charge in [-0.2, -0.15) is 0 Å². The van der Waals surface area contributed by atoms with Gasteiger partial charge in [0.25, 0.3) is 0 Å². The van der Waals surface area contributed by atoms with Crippen molar-refractivity contribution in [3.8, 4) is 0 Å². The van der Waals surface area contributed by atoms with Gasteiger partial charge in [0.1, 0.15) is 5.76 Å². The fourth-order valence-corrected chi connectivity index (χ4v) is 3.20. The Morgan fingerprint density at radius 3 is 2.56 bits per heavy atom. The zero-order valence-electron chi connectivity index (χ0n) is 13.3. The lowest BCUT2D eigenvalue weighted by molar-refractivity contribution is 0.360. The van der Waals surface area contributed by atoms with Crippen molar-refractivity contribution in [3.05, 3.63) is 87.7 Å². The van der Waals surface area contributed by atoms with Gasteiger partial charge in [0.15, 0.2) is 5.11 Å². The number of thiocarbonyl (C=S) groups is 1. The van der Waals surface area contributed by atoms with Gasteiger partial charge in [-0.05, 0) is 66.3 Å². The molecule has 0 aliphatic rings. The van der Waals surface area contributed by atoms with E-state index in [-0.39, 0.29) is 0 Å². The smallest absolute Gasteiger partial charge is 0.174 e. The topological polar surface area (TPSA) is 28.4 Å². The first-order chi connectivity index (χ1) is 12.1. The summed E-state index contributed by atoms with van der Waals surface area (Å²) >= 11 is 15.1. The van der Waals surface area contributed by atoms with E-state index in [1.165, 1.54) is 0 Å². The number of benzene rings is 2. The lowest BCUT2D eigenvalue weighted by atomic mass is 10.2. The highest BCUT2D eigenvalue weighted by Crippen LogP contribution is 2.18. The maximum Gasteiger partial charge on any atom is 0.174 e. The van der Waals surface area contributed by atoms with E-state index in [1.807, 2.05) is 48.5 Å². The molecule has 0 aliphatic carbocycles. The molecule has 2 aromatic carbocycles. The molecule has 0 saturated carbocycles. The lowest BCUT2D eigenvalue weighted by Crippen LogP contribution is -2.33. The number of halogens is 2. The van der Waals surface area contributed by atoms with Crippen LogP contribution in [0.3, 0.4) is 0 Å². The van der Waals surface area contributed by atoms with Crippen molar-refractivity contribution in [3.63, 3.8) is 0 Å². The number of hydrogen-bond donors (Lipinski definition) is 1. The van der Waals surface area contributed by atoms with Crippen molar-refractivity contribution < 1.29 is 4.42 Å². The average Bonchev–Trinajstić information content (AvgIpc) is 3.09. The SMILES string of the molecule is S=C(Nc1ccc(Cl)cc1)N(Cc1cccc(Br)c1)Cc1ccco1. The molecule has 0 fully saturated rings. The van der Waals surface area contributed by atoms with Gasteiger partial charge in [-0.1, -0.05) is 39.7 Å². The zero-order valence-corrected chi connectivity index (χ0v) is 16.4. The maximum atomic E-state index is 5.94. The van der Waals surface area contributed by atoms with E-state index in [2.05, 4.69) is 38.3 Å². The van der Waals surface area contributed by atoms with Crippen molar-refractivity contribution in [1.29, 1.82) is 0 Å². The van der Waals surface area contributed by atoms with Crippen LogP contribution in [-0.2, 0) is 13.1 Å². The van der Waals surface area contributed by atoms with Gasteiger partial charge in [0.05, 0.1) is 12.8 Å². The molecule has 0 radical (unpaired) electrons. The van der Waals surface area contributed by atoms with Crippen molar-refractivity contribution in [2.24, 2.45) is 0 Å². The molecule has 3 aromatic rings. The largest absolute Gasteiger partial charge is 0.467 e. The van der Waals surface area contributed by atoms with Gasteiger partial charge < -0.3 is 14.6 Å². The second-order valence-corrected chi connectivity index (χ2v) is 7.24. The molecule has 0 unspecified atom stereocenters. The second kappa shape index (κ2) is 8.52. The van der Waals surface area contributed by atoms with Crippen molar-refractivity contribution in [1.82, 2.24) is 4.90 Å². The van der Waals surface area contributed by atoms with Crippen molar-refractivity contribution >= 4 is 50.5 Å². The second-order valence-electron chi connectivity index (χ2n) is 5.50. The summed E-state index contributed by atoms with van der Waals surface area (Å²) in [5, 5.41) is 4.58. The van der Waals surface area contributed by atoms with Crippen LogP contribution in [0.1, 0.15) is 11.3 Å². The number of furan rings is 1. The van der Waals surface area contributed by atoms with Gasteiger partial charge in [-0.3, -0.25) is 0 Å². The molecular formula is C19H16BrClN2OS. The molecule has 0 atom stereocenters. The quantitative estimate of drug-likeness (QED) is 0.491. The summed E-state index contributed by atoms with van der Waals surface area (Å²) in [6.07, 6.45) is 1.67. The highest BCUT2D eigenvalue weighted by Gasteiger charge is 2.13.